The molecule has 0 aromatic rings. The molecule has 0 N–H and O–H groups in total. The van der Waals surface area contributed by atoms with Crippen molar-refractivity contribution in [3.63, 3.8) is 0 Å². The monoisotopic (exact) mass is 148 g/mol. The molecule has 9 heavy (non-hydrogen) atoms. The van der Waals surface area contributed by atoms with Gasteiger partial charge in [-0.2, -0.15) is 0 Å². The van der Waals surface area contributed by atoms with Gasteiger partial charge in [0.1, 0.15) is 13.6 Å². The molecule has 1 unspecified atom stereocenters. The standard InChI is InChI=1S/C4H9N4.ClH/c1-3-8(2)4-5-6-7-8;/h4H,3H2,1-2H3;1H/q+1;/p-1. The van der Waals surface area contributed by atoms with Gasteiger partial charge in [0, 0.05) is 5.22 Å². The van der Waals surface area contributed by atoms with Crippen LogP contribution in [0.25, 0.3) is 0 Å². The predicted molar refractivity (Wildman–Crippen MR) is 30.1 cm³/mol. The van der Waals surface area contributed by atoms with E-state index in [1.807, 2.05) is 14.0 Å². The molecule has 0 aromatic heterocycles. The van der Waals surface area contributed by atoms with E-state index in [0.29, 0.717) is 4.59 Å². The first-order valence-electron chi connectivity index (χ1n) is 2.59. The van der Waals surface area contributed by atoms with Gasteiger partial charge in [-0.25, -0.2) is 0 Å². The summed E-state index contributed by atoms with van der Waals surface area (Å²) in [6, 6.07) is 0. The van der Waals surface area contributed by atoms with Crippen LogP contribution in [0, 0.1) is 0 Å². The van der Waals surface area contributed by atoms with Gasteiger partial charge in [-0.3, -0.25) is 0 Å². The number of quaternary nitrogens is 1. The molecule has 0 fully saturated rings. The Morgan fingerprint density at radius 3 is 2.44 bits per heavy atom. The number of halogens is 1. The van der Waals surface area contributed by atoms with E-state index in [2.05, 4.69) is 15.5 Å². The molecule has 52 valence electrons. The molecular formula is C4H9ClN4. The van der Waals surface area contributed by atoms with Gasteiger partial charge >= 0.3 is 0 Å². The van der Waals surface area contributed by atoms with Crippen LogP contribution in [-0.4, -0.2) is 24.5 Å². The lowest BCUT2D eigenvalue weighted by molar-refractivity contribution is -0.820. The van der Waals surface area contributed by atoms with E-state index in [1.165, 1.54) is 0 Å². The lowest BCUT2D eigenvalue weighted by Gasteiger charge is -2.11. The van der Waals surface area contributed by atoms with Crippen molar-refractivity contribution in [2.75, 3.05) is 13.6 Å². The summed E-state index contributed by atoms with van der Waals surface area (Å²) in [5.74, 6) is 0. The Hall–Kier alpha value is -0.480. The van der Waals surface area contributed by atoms with Crippen LogP contribution in [0.5, 0.6) is 0 Å². The maximum Gasteiger partial charge on any atom is 0.239 e. The van der Waals surface area contributed by atoms with Crippen molar-refractivity contribution in [1.82, 2.24) is 0 Å². The van der Waals surface area contributed by atoms with E-state index in [9.17, 15) is 0 Å². The summed E-state index contributed by atoms with van der Waals surface area (Å²) in [4.78, 5) is 0. The zero-order chi connectivity index (χ0) is 6.04. The summed E-state index contributed by atoms with van der Waals surface area (Å²) < 4.78 is 0.486. The first-order valence-corrected chi connectivity index (χ1v) is 2.59. The van der Waals surface area contributed by atoms with Crippen molar-refractivity contribution in [2.45, 2.75) is 6.92 Å². The summed E-state index contributed by atoms with van der Waals surface area (Å²) in [6.45, 7) is 2.95. The molecule has 0 radical (unpaired) electrons. The second-order valence-electron chi connectivity index (χ2n) is 1.94. The predicted octanol–water partition coefficient (Wildman–Crippen LogP) is -2.22. The molecule has 1 heterocycles. The van der Waals surface area contributed by atoms with Gasteiger partial charge in [-0.05, 0) is 6.92 Å². The average Bonchev–Trinajstić information content (AvgIpc) is 2.17. The third-order valence-corrected chi connectivity index (χ3v) is 1.24. The molecule has 0 bridgehead atoms. The van der Waals surface area contributed by atoms with Crippen LogP contribution in [0.3, 0.4) is 0 Å². The second kappa shape index (κ2) is 2.89. The minimum absolute atomic E-state index is 0. The van der Waals surface area contributed by atoms with Crippen LogP contribution in [-0.2, 0) is 0 Å². The number of hydrogen-bond donors (Lipinski definition) is 0. The number of rotatable bonds is 1. The molecule has 4 nitrogen and oxygen atoms in total. The Kier molecular flexibility index (Phi) is 2.73. The maximum atomic E-state index is 3.83. The highest BCUT2D eigenvalue weighted by Crippen LogP contribution is 2.05. The molecule has 0 spiro atoms. The van der Waals surface area contributed by atoms with E-state index in [-0.39, 0.29) is 12.4 Å². The number of nitrogens with zero attached hydrogens (tertiary/aromatic N) is 4. The van der Waals surface area contributed by atoms with Crippen LogP contribution in [0.2, 0.25) is 0 Å². The molecule has 1 aliphatic rings. The van der Waals surface area contributed by atoms with E-state index in [0.717, 1.165) is 6.54 Å². The van der Waals surface area contributed by atoms with Gasteiger partial charge < -0.3 is 12.4 Å². The molecule has 1 atom stereocenters. The lowest BCUT2D eigenvalue weighted by Crippen LogP contribution is -3.00. The zero-order valence-electron chi connectivity index (χ0n) is 5.45. The molecular weight excluding hydrogens is 140 g/mol. The Balaban J connectivity index is 0.000000640. The quantitative estimate of drug-likeness (QED) is 0.378. The third kappa shape index (κ3) is 1.73. The van der Waals surface area contributed by atoms with Crippen molar-refractivity contribution < 1.29 is 17.0 Å². The van der Waals surface area contributed by atoms with Crippen molar-refractivity contribution in [3.05, 3.63) is 0 Å². The fourth-order valence-corrected chi connectivity index (χ4v) is 0.417. The second-order valence-corrected chi connectivity index (χ2v) is 1.94. The molecule has 1 aliphatic heterocycles. The molecule has 0 aliphatic carbocycles. The van der Waals surface area contributed by atoms with E-state index >= 15 is 0 Å². The average molecular weight is 149 g/mol. The van der Waals surface area contributed by atoms with E-state index in [1.54, 1.807) is 6.34 Å². The van der Waals surface area contributed by atoms with Crippen LogP contribution in [0.15, 0.2) is 15.5 Å². The van der Waals surface area contributed by atoms with Crippen molar-refractivity contribution in [3.8, 4) is 0 Å². The fourth-order valence-electron chi connectivity index (χ4n) is 0.417. The Morgan fingerprint density at radius 1 is 1.56 bits per heavy atom. The highest BCUT2D eigenvalue weighted by molar-refractivity contribution is 5.45. The first-order chi connectivity index (χ1) is 3.77. The van der Waals surface area contributed by atoms with Crippen LogP contribution >= 0.6 is 0 Å². The van der Waals surface area contributed by atoms with Gasteiger partial charge in [-0.1, -0.05) is 5.10 Å². The zero-order valence-corrected chi connectivity index (χ0v) is 6.21. The van der Waals surface area contributed by atoms with Gasteiger partial charge in [0.2, 0.25) is 6.34 Å². The smallest absolute Gasteiger partial charge is 0.239 e. The normalized spacial score (nSPS) is 30.4. The third-order valence-electron chi connectivity index (χ3n) is 1.24. The van der Waals surface area contributed by atoms with Gasteiger partial charge in [-0.15, -0.1) is 4.59 Å². The SMILES string of the molecule is CC[N+]1(C)C=NN=N1.[Cl-]. The highest BCUT2D eigenvalue weighted by atomic mass is 35.5. The minimum atomic E-state index is 0. The van der Waals surface area contributed by atoms with Gasteiger partial charge in [0.25, 0.3) is 0 Å². The summed E-state index contributed by atoms with van der Waals surface area (Å²) in [5, 5.41) is 10.9. The van der Waals surface area contributed by atoms with Gasteiger partial charge in [0.05, 0.1) is 5.22 Å². The Morgan fingerprint density at radius 2 is 2.22 bits per heavy atom. The summed E-state index contributed by atoms with van der Waals surface area (Å²) >= 11 is 0. The summed E-state index contributed by atoms with van der Waals surface area (Å²) in [7, 11) is 1.94. The molecule has 0 aromatic carbocycles. The molecule has 0 amide bonds. The largest absolute Gasteiger partial charge is 1.00 e. The number of hydrogen-bond acceptors (Lipinski definition) is 3. The van der Waals surface area contributed by atoms with E-state index in [4.69, 9.17) is 0 Å². The fraction of sp³-hybridized carbons (Fsp3) is 0.750. The van der Waals surface area contributed by atoms with Crippen molar-refractivity contribution >= 4 is 6.34 Å². The molecule has 1 rings (SSSR count). The van der Waals surface area contributed by atoms with Crippen LogP contribution in [0.1, 0.15) is 6.92 Å². The van der Waals surface area contributed by atoms with E-state index < -0.39 is 0 Å². The summed E-state index contributed by atoms with van der Waals surface area (Å²) in [5.41, 5.74) is 0. The van der Waals surface area contributed by atoms with Gasteiger partial charge in [0.15, 0.2) is 0 Å². The Labute approximate surface area is 60.2 Å². The van der Waals surface area contributed by atoms with Crippen molar-refractivity contribution in [2.24, 2.45) is 15.5 Å². The highest BCUT2D eigenvalue weighted by Gasteiger charge is 2.19. The first kappa shape index (κ1) is 8.52. The van der Waals surface area contributed by atoms with Crippen molar-refractivity contribution in [1.29, 1.82) is 0 Å². The Bertz CT molecular complexity index is 130. The molecule has 0 saturated carbocycles. The van der Waals surface area contributed by atoms with Crippen LogP contribution in [0.4, 0.5) is 0 Å². The topological polar surface area (TPSA) is 37.1 Å². The lowest BCUT2D eigenvalue weighted by atomic mass is 10.6. The summed E-state index contributed by atoms with van der Waals surface area (Å²) in [6.07, 6.45) is 1.71. The maximum absolute atomic E-state index is 3.83. The molecule has 5 heteroatoms. The minimum Gasteiger partial charge on any atom is -1.00 e. The van der Waals surface area contributed by atoms with Crippen LogP contribution < -0.4 is 12.4 Å². The molecule has 0 saturated heterocycles.